The van der Waals surface area contributed by atoms with E-state index in [1.807, 2.05) is 0 Å². The first-order chi connectivity index (χ1) is 43.2. The van der Waals surface area contributed by atoms with Crippen LogP contribution >= 0.6 is 0 Å². The minimum Gasteiger partial charge on any atom is -0.481 e. The van der Waals surface area contributed by atoms with Crippen molar-refractivity contribution in [3.05, 3.63) is 0 Å². The predicted molar refractivity (Wildman–Crippen MR) is 314 cm³/mol. The van der Waals surface area contributed by atoms with Crippen molar-refractivity contribution >= 4 is 23.9 Å². The number of hydrogen-bond acceptors (Lipinski definition) is 36. The lowest BCUT2D eigenvalue weighted by Crippen LogP contribution is -2.37. The number of aliphatic carboxylic acids is 4. The second kappa shape index (κ2) is 70.4. The van der Waals surface area contributed by atoms with Gasteiger partial charge in [-0.15, -0.1) is 0 Å². The van der Waals surface area contributed by atoms with Gasteiger partial charge in [-0.2, -0.15) is 0 Å². The summed E-state index contributed by atoms with van der Waals surface area (Å²) in [6.07, 6.45) is 2.04. The zero-order chi connectivity index (χ0) is 74.6. The molecule has 0 unspecified atom stereocenters. The predicted octanol–water partition coefficient (Wildman–Crippen LogP) is -15.0. The lowest BCUT2D eigenvalue weighted by atomic mass is 9.93. The number of hydrogen-bond donors (Lipinski definition) is 36. The third kappa shape index (κ3) is 55.8. The average molecular weight is 1380 g/mol. The smallest absolute Gasteiger partial charge is 0.303 e. The molecule has 0 bridgehead atoms. The number of rotatable bonds is 42. The van der Waals surface area contributed by atoms with Gasteiger partial charge in [0.15, 0.2) is 0 Å². The topological polar surface area (TPSA) is 797 Å². The highest BCUT2D eigenvalue weighted by molar-refractivity contribution is 5.68. The molecule has 0 aromatic heterocycles. The molecule has 0 atom stereocenters. The first kappa shape index (κ1) is 110. The van der Waals surface area contributed by atoms with Crippen LogP contribution in [0.25, 0.3) is 0 Å². The second-order valence-corrected chi connectivity index (χ2v) is 21.0. The molecule has 0 rings (SSSR count). The minimum absolute atomic E-state index is 0.0628. The third-order valence-corrected chi connectivity index (χ3v) is 12.8. The summed E-state index contributed by atoms with van der Waals surface area (Å²) in [5.41, 5.74) is -8.89. The lowest BCUT2D eigenvalue weighted by molar-refractivity contribution is -0.139. The molecule has 92 heavy (non-hydrogen) atoms. The molecule has 0 amide bonds. The first-order valence-electron chi connectivity index (χ1n) is 27.6. The van der Waals surface area contributed by atoms with Crippen LogP contribution in [0.5, 0.6) is 0 Å². The molecule has 0 saturated heterocycles. The Hall–Kier alpha value is -3.40. The van der Waals surface area contributed by atoms with Crippen LogP contribution in [0.3, 0.4) is 0 Å². The molecule has 0 heterocycles. The molecule has 0 aromatic carbocycles. The maximum Gasteiger partial charge on any atom is 0.303 e. The van der Waals surface area contributed by atoms with Gasteiger partial charge in [0.2, 0.25) is 0 Å². The Kier molecular flexibility index (Phi) is 84.2. The fourth-order valence-corrected chi connectivity index (χ4v) is 3.50. The van der Waals surface area contributed by atoms with Crippen LogP contribution in [0.15, 0.2) is 0 Å². The quantitative estimate of drug-likeness (QED) is 0.0252. The molecule has 0 saturated carbocycles. The molecule has 40 heteroatoms. The van der Waals surface area contributed by atoms with E-state index in [0.29, 0.717) is 25.7 Å². The molecule has 0 spiro atoms. The highest BCUT2D eigenvalue weighted by Crippen LogP contribution is 2.17. The van der Waals surface area contributed by atoms with E-state index in [1.165, 1.54) is 0 Å². The Morgan fingerprint density at radius 3 is 0.217 bits per heavy atom. The summed E-state index contributed by atoms with van der Waals surface area (Å²) >= 11 is 0. The van der Waals surface area contributed by atoms with Gasteiger partial charge in [0.1, 0.15) is 0 Å². The molecule has 0 fully saturated rings. The molecule has 0 aromatic rings. The molecule has 0 aliphatic carbocycles. The van der Waals surface area contributed by atoms with Crippen LogP contribution in [0.2, 0.25) is 0 Å². The molecule has 0 radical (unpaired) electrons. The van der Waals surface area contributed by atoms with Crippen LogP contribution < -0.4 is 0 Å². The summed E-state index contributed by atoms with van der Waals surface area (Å²) < 4.78 is 0. The number of unbranched alkanes of at least 4 members (excludes halogenated alkanes) is 2. The Morgan fingerprint density at radius 1 is 0.141 bits per heavy atom. The van der Waals surface area contributed by atoms with Crippen molar-refractivity contribution in [2.75, 3.05) is 211 Å². The van der Waals surface area contributed by atoms with E-state index in [0.717, 1.165) is 0 Å². The van der Waals surface area contributed by atoms with Crippen LogP contribution in [0.4, 0.5) is 0 Å². The van der Waals surface area contributed by atoms with Gasteiger partial charge < -0.3 is 184 Å². The van der Waals surface area contributed by atoms with Crippen LogP contribution in [0, 0.1) is 43.3 Å². The lowest BCUT2D eigenvalue weighted by Gasteiger charge is -2.23. The van der Waals surface area contributed by atoms with Crippen molar-refractivity contribution in [2.45, 2.75) is 51.4 Å². The van der Waals surface area contributed by atoms with E-state index < -0.39 is 279 Å². The van der Waals surface area contributed by atoms with Gasteiger partial charge in [-0.1, -0.05) is 0 Å². The zero-order valence-corrected chi connectivity index (χ0v) is 52.0. The normalized spacial score (nSPS) is 11.4. The first-order valence-corrected chi connectivity index (χ1v) is 27.6. The molecule has 564 valence electrons. The molecule has 0 aliphatic rings. The largest absolute Gasteiger partial charge is 0.481 e. The fourth-order valence-electron chi connectivity index (χ4n) is 3.50. The second-order valence-electron chi connectivity index (χ2n) is 21.0. The van der Waals surface area contributed by atoms with Crippen molar-refractivity contribution in [3.63, 3.8) is 0 Å². The van der Waals surface area contributed by atoms with Crippen LogP contribution in [-0.4, -0.2) is 419 Å². The minimum atomic E-state index is -1.11. The van der Waals surface area contributed by atoms with Crippen molar-refractivity contribution in [2.24, 2.45) is 43.3 Å². The number of aliphatic hydroxyl groups excluding tert-OH is 32. The van der Waals surface area contributed by atoms with Gasteiger partial charge in [-0.05, 0) is 25.7 Å². The van der Waals surface area contributed by atoms with Crippen molar-refractivity contribution in [1.29, 1.82) is 0 Å². The van der Waals surface area contributed by atoms with Crippen LogP contribution in [-0.2, 0) is 19.2 Å². The maximum atomic E-state index is 9.90. The van der Waals surface area contributed by atoms with E-state index in [9.17, 15) is 19.2 Å². The van der Waals surface area contributed by atoms with E-state index in [2.05, 4.69) is 0 Å². The fraction of sp³-hybridized carbons (Fsp3) is 0.923. The molecular formula is C52H116O40. The third-order valence-electron chi connectivity index (χ3n) is 12.8. The van der Waals surface area contributed by atoms with E-state index >= 15 is 0 Å². The average Bonchev–Trinajstić information content (AvgIpc) is 3.78. The molecule has 0 aliphatic heterocycles. The molecular weight excluding hydrogens is 1260 g/mol. The Bertz CT molecular complexity index is 1110. The summed E-state index contributed by atoms with van der Waals surface area (Å²) in [5, 5.41) is 304. The number of carboxylic acids is 4. The SMILES string of the molecule is O=C(O)CCCCC(=O)O.O=C(O)CCCCC(=O)O.OCC(CO)(CO)CO.OCC(CO)(CO)CO.OCC(CO)(CO)CO.OCC(CO)(CO)CO.OCC(CO)(CO)CO.OCC(CO)(CO)CO.OCC(CO)(CO)CO.OCC(CO)(CO)CO. The Morgan fingerprint density at radius 2 is 0.196 bits per heavy atom. The zero-order valence-electron chi connectivity index (χ0n) is 52.0. The van der Waals surface area contributed by atoms with E-state index in [1.54, 1.807) is 0 Å². The molecule has 36 N–H and O–H groups in total. The van der Waals surface area contributed by atoms with Gasteiger partial charge in [-0.3, -0.25) is 19.2 Å². The highest BCUT2D eigenvalue weighted by Gasteiger charge is 2.31. The van der Waals surface area contributed by atoms with Gasteiger partial charge >= 0.3 is 23.9 Å². The summed E-state index contributed by atoms with van der Waals surface area (Å²) in [5.74, 6) is -3.48. The van der Waals surface area contributed by atoms with Gasteiger partial charge in [-0.25, -0.2) is 0 Å². The standard InChI is InChI=1S/2C6H10O4.8C5H12O4/c2*7-5(8)3-1-2-4-6(9)10;8*6-1-5(2-7,3-8)4-9/h2*1-4H2,(H,7,8)(H,9,10);8*6-9H,1-4H2. The Balaban J connectivity index is -0.000000102. The monoisotopic (exact) mass is 1380 g/mol. The summed E-state index contributed by atoms with van der Waals surface area (Å²) in [4.78, 5) is 39.6. The van der Waals surface area contributed by atoms with Crippen molar-refractivity contribution in [1.82, 2.24) is 0 Å². The highest BCUT2D eigenvalue weighted by atomic mass is 16.4. The van der Waals surface area contributed by atoms with Gasteiger partial charge in [0, 0.05) is 25.7 Å². The van der Waals surface area contributed by atoms with Gasteiger partial charge in [0.25, 0.3) is 0 Å². The number of carboxylic acid groups (broad SMARTS) is 4. The summed E-state index contributed by atoms with van der Waals surface area (Å²) in [6.45, 7) is -13.0. The summed E-state index contributed by atoms with van der Waals surface area (Å²) in [6, 6.07) is 0. The summed E-state index contributed by atoms with van der Waals surface area (Å²) in [7, 11) is 0. The van der Waals surface area contributed by atoms with Crippen molar-refractivity contribution < 1.29 is 203 Å². The van der Waals surface area contributed by atoms with E-state index in [-0.39, 0.29) is 25.7 Å². The Labute approximate surface area is 532 Å². The molecule has 40 nitrogen and oxygen atoms in total. The van der Waals surface area contributed by atoms with Crippen molar-refractivity contribution in [3.8, 4) is 0 Å². The van der Waals surface area contributed by atoms with E-state index in [4.69, 9.17) is 184 Å². The number of aliphatic hydroxyl groups is 32. The number of carbonyl (C=O) groups is 4. The van der Waals surface area contributed by atoms with Gasteiger partial charge in [0.05, 0.1) is 255 Å². The van der Waals surface area contributed by atoms with Crippen LogP contribution in [0.1, 0.15) is 51.4 Å². The maximum absolute atomic E-state index is 9.90.